The number of rotatable bonds is 5. The van der Waals surface area contributed by atoms with Crippen molar-refractivity contribution in [3.8, 4) is 0 Å². The number of aryl methyl sites for hydroxylation is 3. The van der Waals surface area contributed by atoms with Crippen LogP contribution in [-0.2, 0) is 25.1 Å². The molecule has 0 radical (unpaired) electrons. The van der Waals surface area contributed by atoms with Crippen molar-refractivity contribution in [2.45, 2.75) is 50.1 Å². The van der Waals surface area contributed by atoms with Gasteiger partial charge in [-0.05, 0) is 66.6 Å². The third-order valence-electron chi connectivity index (χ3n) is 6.32. The fourth-order valence-corrected chi connectivity index (χ4v) is 5.74. The Morgan fingerprint density at radius 2 is 1.85 bits per heavy atom. The Hall–Kier alpha value is -3.39. The summed E-state index contributed by atoms with van der Waals surface area (Å²) in [4.78, 5) is 25.3. The van der Waals surface area contributed by atoms with E-state index in [0.717, 1.165) is 42.1 Å². The first kappa shape index (κ1) is 20.2. The molecular formula is C25H22N4O3S. The van der Waals surface area contributed by atoms with Crippen LogP contribution >= 0.6 is 11.8 Å². The van der Waals surface area contributed by atoms with Gasteiger partial charge in [0.15, 0.2) is 5.16 Å². The standard InChI is InChI=1S/C25H22N4O3S/c1-2-10-28-23(31)18-8-3-4-9-20(18)29-24(28)26-27-25(29)33-14-17-13-22(30)32-21-12-16-7-5-6-15(16)11-19(17)21/h3-4,8-9,11-13H,2,5-7,10,14H2,1H3. The van der Waals surface area contributed by atoms with Gasteiger partial charge in [0, 0.05) is 23.8 Å². The second-order valence-electron chi connectivity index (χ2n) is 8.44. The number of hydrogen-bond acceptors (Lipinski definition) is 6. The van der Waals surface area contributed by atoms with E-state index in [2.05, 4.69) is 16.3 Å². The maximum Gasteiger partial charge on any atom is 0.336 e. The van der Waals surface area contributed by atoms with Crippen LogP contribution in [0.4, 0.5) is 0 Å². The SMILES string of the molecule is CCCn1c(=O)c2ccccc2n2c(SCc3cc(=O)oc4cc5c(cc34)CCC5)nnc12. The van der Waals surface area contributed by atoms with Crippen molar-refractivity contribution >= 4 is 39.4 Å². The maximum atomic E-state index is 13.0. The summed E-state index contributed by atoms with van der Waals surface area (Å²) in [6, 6.07) is 13.3. The Balaban J connectivity index is 1.47. The Morgan fingerprint density at radius 1 is 1.03 bits per heavy atom. The fourth-order valence-electron chi connectivity index (χ4n) is 4.81. The summed E-state index contributed by atoms with van der Waals surface area (Å²) in [6.07, 6.45) is 4.05. The predicted octanol–water partition coefficient (Wildman–Crippen LogP) is 4.34. The lowest BCUT2D eigenvalue weighted by Crippen LogP contribution is -2.23. The minimum absolute atomic E-state index is 0.0515. The van der Waals surface area contributed by atoms with E-state index in [9.17, 15) is 9.59 Å². The molecule has 33 heavy (non-hydrogen) atoms. The highest BCUT2D eigenvalue weighted by molar-refractivity contribution is 7.98. The van der Waals surface area contributed by atoms with Crippen molar-refractivity contribution in [3.63, 3.8) is 0 Å². The van der Waals surface area contributed by atoms with Gasteiger partial charge in [-0.1, -0.05) is 30.8 Å². The predicted molar refractivity (Wildman–Crippen MR) is 129 cm³/mol. The summed E-state index contributed by atoms with van der Waals surface area (Å²) in [5.41, 5.74) is 4.57. The molecule has 3 aromatic heterocycles. The third kappa shape index (κ3) is 3.28. The van der Waals surface area contributed by atoms with E-state index in [1.807, 2.05) is 41.7 Å². The molecule has 6 rings (SSSR count). The van der Waals surface area contributed by atoms with Crippen LogP contribution in [0.25, 0.3) is 27.6 Å². The molecule has 3 heterocycles. The molecule has 0 saturated carbocycles. The Labute approximate surface area is 193 Å². The lowest BCUT2D eigenvalue weighted by atomic mass is 10.0. The molecule has 1 aliphatic carbocycles. The summed E-state index contributed by atoms with van der Waals surface area (Å²) in [5, 5.41) is 11.1. The van der Waals surface area contributed by atoms with Gasteiger partial charge >= 0.3 is 5.63 Å². The zero-order valence-electron chi connectivity index (χ0n) is 18.2. The second kappa shape index (κ2) is 7.88. The van der Waals surface area contributed by atoms with Gasteiger partial charge in [0.1, 0.15) is 5.58 Å². The first-order valence-electron chi connectivity index (χ1n) is 11.2. The average molecular weight is 459 g/mol. The van der Waals surface area contributed by atoms with Crippen LogP contribution in [-0.4, -0.2) is 19.2 Å². The zero-order valence-corrected chi connectivity index (χ0v) is 19.0. The van der Waals surface area contributed by atoms with Crippen LogP contribution < -0.4 is 11.2 Å². The quantitative estimate of drug-likeness (QED) is 0.288. The number of thioether (sulfide) groups is 1. The second-order valence-corrected chi connectivity index (χ2v) is 9.38. The third-order valence-corrected chi connectivity index (χ3v) is 7.30. The molecule has 0 N–H and O–H groups in total. The van der Waals surface area contributed by atoms with Crippen LogP contribution in [0.15, 0.2) is 61.6 Å². The van der Waals surface area contributed by atoms with Gasteiger partial charge in [-0.15, -0.1) is 10.2 Å². The first-order valence-corrected chi connectivity index (χ1v) is 12.2. The van der Waals surface area contributed by atoms with E-state index in [-0.39, 0.29) is 11.2 Å². The van der Waals surface area contributed by atoms with Gasteiger partial charge in [0.05, 0.1) is 10.9 Å². The minimum atomic E-state index is -0.343. The number of fused-ring (bicyclic) bond motifs is 5. The summed E-state index contributed by atoms with van der Waals surface area (Å²) in [7, 11) is 0. The molecule has 0 amide bonds. The molecule has 8 heteroatoms. The molecule has 0 unspecified atom stereocenters. The molecule has 1 aliphatic rings. The topological polar surface area (TPSA) is 82.4 Å². The highest BCUT2D eigenvalue weighted by Gasteiger charge is 2.18. The molecule has 7 nitrogen and oxygen atoms in total. The highest BCUT2D eigenvalue weighted by atomic mass is 32.2. The van der Waals surface area contributed by atoms with Gasteiger partial charge < -0.3 is 4.42 Å². The Morgan fingerprint density at radius 3 is 2.70 bits per heavy atom. The van der Waals surface area contributed by atoms with Crippen LogP contribution in [0, 0.1) is 0 Å². The molecule has 0 atom stereocenters. The van der Waals surface area contributed by atoms with Crippen molar-refractivity contribution in [3.05, 3.63) is 79.9 Å². The molecule has 2 aromatic carbocycles. The molecule has 0 aliphatic heterocycles. The smallest absolute Gasteiger partial charge is 0.336 e. The number of nitrogens with zero attached hydrogens (tertiary/aromatic N) is 4. The maximum absolute atomic E-state index is 13.0. The molecule has 0 saturated heterocycles. The van der Waals surface area contributed by atoms with Crippen molar-refractivity contribution in [2.75, 3.05) is 0 Å². The lowest BCUT2D eigenvalue weighted by Gasteiger charge is -2.11. The monoisotopic (exact) mass is 458 g/mol. The minimum Gasteiger partial charge on any atom is -0.423 e. The van der Waals surface area contributed by atoms with E-state index in [4.69, 9.17) is 4.42 Å². The number of para-hydroxylation sites is 1. The number of aromatic nitrogens is 4. The van der Waals surface area contributed by atoms with Crippen molar-refractivity contribution in [1.29, 1.82) is 0 Å². The van der Waals surface area contributed by atoms with Crippen molar-refractivity contribution in [1.82, 2.24) is 19.2 Å². The molecule has 0 bridgehead atoms. The lowest BCUT2D eigenvalue weighted by molar-refractivity contribution is 0.559. The normalized spacial score (nSPS) is 13.4. The van der Waals surface area contributed by atoms with Crippen molar-refractivity contribution < 1.29 is 4.42 Å². The molecule has 5 aromatic rings. The summed E-state index contributed by atoms with van der Waals surface area (Å²) >= 11 is 1.51. The van der Waals surface area contributed by atoms with Gasteiger partial charge in [0.25, 0.3) is 5.56 Å². The number of hydrogen-bond donors (Lipinski definition) is 0. The first-order chi connectivity index (χ1) is 16.1. The molecule has 0 fully saturated rings. The Kier molecular flexibility index (Phi) is 4.83. The number of benzene rings is 2. The Bertz CT molecular complexity index is 1660. The van der Waals surface area contributed by atoms with E-state index in [1.54, 1.807) is 10.6 Å². The molecule has 0 spiro atoms. The van der Waals surface area contributed by atoms with Crippen LogP contribution in [0.5, 0.6) is 0 Å². The van der Waals surface area contributed by atoms with Crippen LogP contribution in [0.3, 0.4) is 0 Å². The fraction of sp³-hybridized carbons (Fsp3) is 0.280. The van der Waals surface area contributed by atoms with E-state index >= 15 is 0 Å². The average Bonchev–Trinajstić information content (AvgIpc) is 3.45. The molecular weight excluding hydrogens is 436 g/mol. The van der Waals surface area contributed by atoms with Gasteiger partial charge in [-0.25, -0.2) is 4.79 Å². The van der Waals surface area contributed by atoms with Gasteiger partial charge in [0.2, 0.25) is 5.78 Å². The summed E-state index contributed by atoms with van der Waals surface area (Å²) in [6.45, 7) is 2.61. The van der Waals surface area contributed by atoms with Crippen LogP contribution in [0.2, 0.25) is 0 Å². The summed E-state index contributed by atoms with van der Waals surface area (Å²) in [5.74, 6) is 1.08. The van der Waals surface area contributed by atoms with Crippen molar-refractivity contribution in [2.24, 2.45) is 0 Å². The van der Waals surface area contributed by atoms with E-state index in [0.29, 0.717) is 34.2 Å². The van der Waals surface area contributed by atoms with E-state index in [1.165, 1.54) is 22.9 Å². The van der Waals surface area contributed by atoms with Gasteiger partial charge in [-0.2, -0.15) is 0 Å². The van der Waals surface area contributed by atoms with Gasteiger partial charge in [-0.3, -0.25) is 13.8 Å². The zero-order chi connectivity index (χ0) is 22.5. The molecule has 166 valence electrons. The van der Waals surface area contributed by atoms with Crippen LogP contribution in [0.1, 0.15) is 36.5 Å². The highest BCUT2D eigenvalue weighted by Crippen LogP contribution is 2.31. The van der Waals surface area contributed by atoms with E-state index < -0.39 is 0 Å². The summed E-state index contributed by atoms with van der Waals surface area (Å²) < 4.78 is 9.15. The largest absolute Gasteiger partial charge is 0.423 e.